The van der Waals surface area contributed by atoms with E-state index in [9.17, 15) is 0 Å². The van der Waals surface area contributed by atoms with Crippen molar-refractivity contribution in [2.45, 2.75) is 19.4 Å². The largest absolute Gasteiger partial charge is 0.384 e. The van der Waals surface area contributed by atoms with Crippen molar-refractivity contribution in [2.24, 2.45) is 7.05 Å². The molecule has 0 unspecified atom stereocenters. The van der Waals surface area contributed by atoms with Crippen LogP contribution in [0.3, 0.4) is 0 Å². The Hall–Kier alpha value is -1.82. The minimum Gasteiger partial charge on any atom is -0.384 e. The van der Waals surface area contributed by atoms with E-state index >= 15 is 0 Å². The van der Waals surface area contributed by atoms with Crippen molar-refractivity contribution in [1.29, 1.82) is 0 Å². The molecule has 1 saturated heterocycles. The van der Waals surface area contributed by atoms with Crippen LogP contribution in [0.4, 0.5) is 11.5 Å². The second-order valence-corrected chi connectivity index (χ2v) is 5.03. The molecule has 3 rings (SSSR count). The number of aromatic nitrogens is 3. The van der Waals surface area contributed by atoms with Gasteiger partial charge in [0.15, 0.2) is 5.65 Å². The van der Waals surface area contributed by atoms with Crippen molar-refractivity contribution < 1.29 is 0 Å². The molecule has 3 heterocycles. The third-order valence-electron chi connectivity index (χ3n) is 3.83. The first-order chi connectivity index (χ1) is 9.20. The number of pyridine rings is 1. The van der Waals surface area contributed by atoms with Gasteiger partial charge in [-0.2, -0.15) is 5.10 Å². The Morgan fingerprint density at radius 2 is 2.37 bits per heavy atom. The van der Waals surface area contributed by atoms with Crippen LogP contribution in [0.15, 0.2) is 12.3 Å². The number of hydrogen-bond acceptors (Lipinski definition) is 5. The van der Waals surface area contributed by atoms with Gasteiger partial charge in [0.05, 0.1) is 17.3 Å². The highest BCUT2D eigenvalue weighted by Gasteiger charge is 2.23. The zero-order chi connectivity index (χ0) is 13.4. The molecular weight excluding hydrogens is 240 g/mol. The van der Waals surface area contributed by atoms with Crippen molar-refractivity contribution in [2.75, 3.05) is 30.3 Å². The smallest absolute Gasteiger partial charge is 0.161 e. The Labute approximate surface area is 112 Å². The van der Waals surface area contributed by atoms with E-state index in [-0.39, 0.29) is 0 Å². The van der Waals surface area contributed by atoms with Crippen LogP contribution in [0.5, 0.6) is 0 Å². The van der Waals surface area contributed by atoms with Gasteiger partial charge in [0, 0.05) is 38.8 Å². The van der Waals surface area contributed by atoms with E-state index in [1.54, 1.807) is 4.68 Å². The molecule has 0 saturated carbocycles. The molecule has 0 aliphatic carbocycles. The molecular formula is C13H20N6. The van der Waals surface area contributed by atoms with Gasteiger partial charge in [-0.3, -0.25) is 4.68 Å². The van der Waals surface area contributed by atoms with Gasteiger partial charge in [0.25, 0.3) is 0 Å². The summed E-state index contributed by atoms with van der Waals surface area (Å²) in [6.45, 7) is 5.22. The lowest BCUT2D eigenvalue weighted by atomic mass is 10.1. The summed E-state index contributed by atoms with van der Waals surface area (Å²) in [6, 6.07) is 2.47. The van der Waals surface area contributed by atoms with Gasteiger partial charge in [-0.25, -0.2) is 4.98 Å². The first-order valence-corrected chi connectivity index (χ1v) is 6.76. The Kier molecular flexibility index (Phi) is 3.02. The molecule has 6 nitrogen and oxygen atoms in total. The van der Waals surface area contributed by atoms with Crippen LogP contribution in [-0.2, 0) is 7.05 Å². The average Bonchev–Trinajstić information content (AvgIpc) is 2.79. The van der Waals surface area contributed by atoms with Crippen molar-refractivity contribution in [3.63, 3.8) is 0 Å². The van der Waals surface area contributed by atoms with E-state index in [1.807, 2.05) is 19.3 Å². The molecule has 19 heavy (non-hydrogen) atoms. The average molecular weight is 260 g/mol. The maximum atomic E-state index is 5.95. The molecule has 0 radical (unpaired) electrons. The van der Waals surface area contributed by atoms with Crippen molar-refractivity contribution in [3.8, 4) is 0 Å². The third kappa shape index (κ3) is 2.02. The van der Waals surface area contributed by atoms with Crippen LogP contribution in [0.25, 0.3) is 11.0 Å². The standard InChI is InChI=1S/C13H20N6/c1-3-9-7-15-4-5-19(9)11-6-12(14)17-13-10(11)8-16-18(13)2/h6,8-9,15H,3-5,7H2,1-2H3,(H2,14,17)/t9-/m0/s1. The molecule has 2 aromatic rings. The first-order valence-electron chi connectivity index (χ1n) is 6.76. The summed E-state index contributed by atoms with van der Waals surface area (Å²) in [5.74, 6) is 0.555. The molecule has 1 atom stereocenters. The fourth-order valence-electron chi connectivity index (χ4n) is 2.80. The molecule has 102 valence electrons. The SMILES string of the molecule is CC[C@H]1CNCCN1c1cc(N)nc2c1cnn2C. The van der Waals surface area contributed by atoms with Crippen LogP contribution >= 0.6 is 0 Å². The first kappa shape index (κ1) is 12.2. The van der Waals surface area contributed by atoms with E-state index in [1.165, 1.54) is 0 Å². The molecule has 6 heteroatoms. The molecule has 0 aromatic carbocycles. The van der Waals surface area contributed by atoms with Crippen molar-refractivity contribution in [1.82, 2.24) is 20.1 Å². The number of fused-ring (bicyclic) bond motifs is 1. The molecule has 0 bridgehead atoms. The van der Waals surface area contributed by atoms with Crippen LogP contribution in [-0.4, -0.2) is 40.4 Å². The lowest BCUT2D eigenvalue weighted by Crippen LogP contribution is -2.51. The number of nitrogens with zero attached hydrogens (tertiary/aromatic N) is 4. The number of nitrogen functional groups attached to an aromatic ring is 1. The summed E-state index contributed by atoms with van der Waals surface area (Å²) in [5, 5.41) is 8.82. The molecule has 1 aliphatic rings. The Bertz CT molecular complexity index is 590. The lowest BCUT2D eigenvalue weighted by Gasteiger charge is -2.37. The molecule has 1 fully saturated rings. The van der Waals surface area contributed by atoms with Crippen LogP contribution in [0, 0.1) is 0 Å². The van der Waals surface area contributed by atoms with Crippen molar-refractivity contribution >= 4 is 22.5 Å². The number of nitrogens with two attached hydrogens (primary N) is 1. The summed E-state index contributed by atoms with van der Waals surface area (Å²) >= 11 is 0. The van der Waals surface area contributed by atoms with Gasteiger partial charge in [0.1, 0.15) is 5.82 Å². The lowest BCUT2D eigenvalue weighted by molar-refractivity contribution is 0.467. The minimum atomic E-state index is 0.499. The number of anilines is 2. The summed E-state index contributed by atoms with van der Waals surface area (Å²) in [4.78, 5) is 6.81. The topological polar surface area (TPSA) is 72.0 Å². The molecule has 3 N–H and O–H groups in total. The molecule has 2 aromatic heterocycles. The predicted molar refractivity (Wildman–Crippen MR) is 77.2 cm³/mol. The highest BCUT2D eigenvalue weighted by Crippen LogP contribution is 2.29. The van der Waals surface area contributed by atoms with E-state index < -0.39 is 0 Å². The van der Waals surface area contributed by atoms with E-state index in [0.29, 0.717) is 11.9 Å². The molecule has 1 aliphatic heterocycles. The summed E-state index contributed by atoms with van der Waals surface area (Å²) in [5.41, 5.74) is 7.96. The zero-order valence-corrected chi connectivity index (χ0v) is 11.4. The fraction of sp³-hybridized carbons (Fsp3) is 0.538. The number of hydrogen-bond donors (Lipinski definition) is 2. The van der Waals surface area contributed by atoms with Gasteiger partial charge in [-0.05, 0) is 6.42 Å². The Morgan fingerprint density at radius 1 is 1.53 bits per heavy atom. The summed E-state index contributed by atoms with van der Waals surface area (Å²) in [6.07, 6.45) is 2.99. The highest BCUT2D eigenvalue weighted by molar-refractivity contribution is 5.91. The normalized spacial score (nSPS) is 20.1. The van der Waals surface area contributed by atoms with Crippen LogP contribution in [0.2, 0.25) is 0 Å². The van der Waals surface area contributed by atoms with Gasteiger partial charge in [0.2, 0.25) is 0 Å². The molecule has 0 spiro atoms. The molecule has 0 amide bonds. The van der Waals surface area contributed by atoms with Gasteiger partial charge in [-0.15, -0.1) is 0 Å². The van der Waals surface area contributed by atoms with Crippen LogP contribution < -0.4 is 16.0 Å². The van der Waals surface area contributed by atoms with Gasteiger partial charge < -0.3 is 16.0 Å². The van der Waals surface area contributed by atoms with Crippen molar-refractivity contribution in [3.05, 3.63) is 12.3 Å². The Morgan fingerprint density at radius 3 is 3.16 bits per heavy atom. The van der Waals surface area contributed by atoms with E-state index in [4.69, 9.17) is 5.73 Å². The fourth-order valence-corrected chi connectivity index (χ4v) is 2.80. The van der Waals surface area contributed by atoms with Crippen LogP contribution in [0.1, 0.15) is 13.3 Å². The number of rotatable bonds is 2. The third-order valence-corrected chi connectivity index (χ3v) is 3.83. The van der Waals surface area contributed by atoms with Gasteiger partial charge >= 0.3 is 0 Å². The van der Waals surface area contributed by atoms with E-state index in [0.717, 1.165) is 42.8 Å². The number of piperazine rings is 1. The number of nitrogens with one attached hydrogen (secondary N) is 1. The van der Waals surface area contributed by atoms with E-state index in [2.05, 4.69) is 27.2 Å². The second-order valence-electron chi connectivity index (χ2n) is 5.03. The predicted octanol–water partition coefficient (Wildman–Crippen LogP) is 0.739. The second kappa shape index (κ2) is 4.70. The maximum Gasteiger partial charge on any atom is 0.161 e. The maximum absolute atomic E-state index is 5.95. The number of aryl methyl sites for hydroxylation is 1. The van der Waals surface area contributed by atoms with Gasteiger partial charge in [-0.1, -0.05) is 6.92 Å². The zero-order valence-electron chi connectivity index (χ0n) is 11.4. The quantitative estimate of drug-likeness (QED) is 0.833. The summed E-state index contributed by atoms with van der Waals surface area (Å²) < 4.78 is 1.78. The minimum absolute atomic E-state index is 0.499. The summed E-state index contributed by atoms with van der Waals surface area (Å²) in [7, 11) is 1.90. The highest BCUT2D eigenvalue weighted by atomic mass is 15.3. The monoisotopic (exact) mass is 260 g/mol. The Balaban J connectivity index is 2.12.